The second kappa shape index (κ2) is 6.34. The first-order chi connectivity index (χ1) is 11.7. The summed E-state index contributed by atoms with van der Waals surface area (Å²) in [5, 5.41) is 0.738. The van der Waals surface area contributed by atoms with Gasteiger partial charge >= 0.3 is 0 Å². The van der Waals surface area contributed by atoms with Gasteiger partial charge in [-0.25, -0.2) is 0 Å². The molecule has 1 fully saturated rings. The molecular formula is C20H19ClN2O. The van der Waals surface area contributed by atoms with Crippen LogP contribution in [0.3, 0.4) is 0 Å². The third-order valence-corrected chi connectivity index (χ3v) is 4.68. The summed E-state index contributed by atoms with van der Waals surface area (Å²) in [4.78, 5) is 2.30. The van der Waals surface area contributed by atoms with Gasteiger partial charge in [0.05, 0.1) is 17.3 Å². The molecule has 3 aromatic rings. The Hall–Kier alpha value is -2.23. The minimum absolute atomic E-state index is 0.0597. The zero-order valence-corrected chi connectivity index (χ0v) is 14.3. The van der Waals surface area contributed by atoms with Crippen molar-refractivity contribution in [3.05, 3.63) is 83.1 Å². The lowest BCUT2D eigenvalue weighted by Gasteiger charge is -2.25. The molecule has 4 heteroatoms. The van der Waals surface area contributed by atoms with Crippen LogP contribution in [-0.4, -0.2) is 17.7 Å². The molecule has 1 saturated heterocycles. The van der Waals surface area contributed by atoms with Crippen molar-refractivity contribution in [2.45, 2.75) is 13.2 Å². The van der Waals surface area contributed by atoms with Gasteiger partial charge in [0.15, 0.2) is 6.23 Å². The molecular weight excluding hydrogens is 320 g/mol. The molecule has 2 aromatic carbocycles. The highest BCUT2D eigenvalue weighted by Crippen LogP contribution is 2.33. The van der Waals surface area contributed by atoms with Gasteiger partial charge in [-0.1, -0.05) is 35.9 Å². The van der Waals surface area contributed by atoms with E-state index in [-0.39, 0.29) is 6.23 Å². The van der Waals surface area contributed by atoms with E-state index >= 15 is 0 Å². The highest BCUT2D eigenvalue weighted by molar-refractivity contribution is 6.32. The number of anilines is 1. The van der Waals surface area contributed by atoms with Gasteiger partial charge in [-0.05, 0) is 42.8 Å². The molecule has 0 amide bonds. The molecule has 0 spiro atoms. The number of rotatable bonds is 3. The molecule has 1 aliphatic rings. The van der Waals surface area contributed by atoms with Gasteiger partial charge < -0.3 is 14.2 Å². The number of nitrogens with zero attached hydrogens (tertiary/aromatic N) is 2. The summed E-state index contributed by atoms with van der Waals surface area (Å²) in [6, 6.07) is 18.5. The number of hydrogen-bond donors (Lipinski definition) is 0. The minimum Gasteiger partial charge on any atom is -0.352 e. The summed E-state index contributed by atoms with van der Waals surface area (Å²) >= 11 is 6.31. The first-order valence-electron chi connectivity index (χ1n) is 8.10. The fourth-order valence-corrected chi connectivity index (χ4v) is 3.42. The lowest BCUT2D eigenvalue weighted by molar-refractivity contribution is 0.114. The quantitative estimate of drug-likeness (QED) is 0.670. The van der Waals surface area contributed by atoms with Gasteiger partial charge in [-0.3, -0.25) is 0 Å². The fraction of sp³-hybridized carbons (Fsp3) is 0.200. The maximum Gasteiger partial charge on any atom is 0.158 e. The Bertz CT molecular complexity index is 858. The van der Waals surface area contributed by atoms with Gasteiger partial charge in [0.25, 0.3) is 0 Å². The van der Waals surface area contributed by atoms with Gasteiger partial charge in [0.1, 0.15) is 0 Å². The Morgan fingerprint density at radius 2 is 1.96 bits per heavy atom. The van der Waals surface area contributed by atoms with Crippen molar-refractivity contribution in [3.8, 4) is 5.69 Å². The van der Waals surface area contributed by atoms with Gasteiger partial charge in [-0.15, -0.1) is 0 Å². The molecule has 122 valence electrons. The van der Waals surface area contributed by atoms with Crippen molar-refractivity contribution >= 4 is 17.3 Å². The molecule has 0 bridgehead atoms. The van der Waals surface area contributed by atoms with Crippen molar-refractivity contribution in [2.24, 2.45) is 0 Å². The van der Waals surface area contributed by atoms with Crippen molar-refractivity contribution in [2.75, 3.05) is 18.1 Å². The minimum atomic E-state index is -0.0597. The predicted octanol–water partition coefficient (Wildman–Crippen LogP) is 4.97. The molecule has 3 nitrogen and oxygen atoms in total. The Labute approximate surface area is 147 Å². The highest BCUT2D eigenvalue weighted by atomic mass is 35.5. The van der Waals surface area contributed by atoms with Crippen LogP contribution in [0.1, 0.15) is 17.4 Å². The number of benzene rings is 2. The predicted molar refractivity (Wildman–Crippen MR) is 98.0 cm³/mol. The molecule has 1 aliphatic heterocycles. The van der Waals surface area contributed by atoms with E-state index in [9.17, 15) is 0 Å². The molecule has 2 heterocycles. The fourth-order valence-electron chi connectivity index (χ4n) is 3.19. The Balaban J connectivity index is 1.65. The van der Waals surface area contributed by atoms with Gasteiger partial charge in [0.2, 0.25) is 0 Å². The van der Waals surface area contributed by atoms with Crippen molar-refractivity contribution < 1.29 is 4.74 Å². The monoisotopic (exact) mass is 338 g/mol. The van der Waals surface area contributed by atoms with Crippen LogP contribution in [0.5, 0.6) is 0 Å². The third-order valence-electron chi connectivity index (χ3n) is 4.36. The van der Waals surface area contributed by atoms with E-state index in [1.54, 1.807) is 0 Å². The summed E-state index contributed by atoms with van der Waals surface area (Å²) in [7, 11) is 0. The van der Waals surface area contributed by atoms with Crippen LogP contribution in [0.4, 0.5) is 5.69 Å². The molecule has 24 heavy (non-hydrogen) atoms. The van der Waals surface area contributed by atoms with E-state index in [2.05, 4.69) is 48.4 Å². The van der Waals surface area contributed by atoms with Crippen LogP contribution in [0.2, 0.25) is 5.02 Å². The van der Waals surface area contributed by atoms with Crippen LogP contribution in [0.15, 0.2) is 67.0 Å². The highest BCUT2D eigenvalue weighted by Gasteiger charge is 2.28. The second-order valence-electron chi connectivity index (χ2n) is 6.06. The van der Waals surface area contributed by atoms with Crippen LogP contribution in [-0.2, 0) is 4.74 Å². The van der Waals surface area contributed by atoms with E-state index in [1.165, 1.54) is 11.3 Å². The lowest BCUT2D eigenvalue weighted by Crippen LogP contribution is -2.23. The number of hydrogen-bond acceptors (Lipinski definition) is 2. The number of aryl methyl sites for hydroxylation is 1. The second-order valence-corrected chi connectivity index (χ2v) is 6.47. The first kappa shape index (κ1) is 15.3. The first-order valence-corrected chi connectivity index (χ1v) is 8.48. The lowest BCUT2D eigenvalue weighted by atomic mass is 10.2. The van der Waals surface area contributed by atoms with Crippen molar-refractivity contribution in [1.29, 1.82) is 0 Å². The van der Waals surface area contributed by atoms with E-state index in [4.69, 9.17) is 16.3 Å². The summed E-state index contributed by atoms with van der Waals surface area (Å²) in [5.74, 6) is 0. The molecule has 0 saturated carbocycles. The summed E-state index contributed by atoms with van der Waals surface area (Å²) < 4.78 is 8.05. The van der Waals surface area contributed by atoms with E-state index in [0.717, 1.165) is 29.4 Å². The van der Waals surface area contributed by atoms with Crippen LogP contribution in [0.25, 0.3) is 5.69 Å². The van der Waals surface area contributed by atoms with Crippen molar-refractivity contribution in [1.82, 2.24) is 4.57 Å². The molecule has 4 rings (SSSR count). The zero-order valence-electron chi connectivity index (χ0n) is 13.5. The number of halogens is 1. The Morgan fingerprint density at radius 1 is 1.08 bits per heavy atom. The third kappa shape index (κ3) is 2.81. The molecule has 0 unspecified atom stereocenters. The van der Waals surface area contributed by atoms with Gasteiger partial charge in [0, 0.05) is 30.2 Å². The standard InChI is InChI=1S/C20H19ClN2O/c1-15-5-4-6-17(13-15)23-11-12-24-20(23)16-9-10-22(14-16)19-8-3-2-7-18(19)21/h2-10,13-14,20H,11-12H2,1H3/t20-/m1/s1. The number of aromatic nitrogens is 1. The topological polar surface area (TPSA) is 17.4 Å². The summed E-state index contributed by atoms with van der Waals surface area (Å²) in [6.45, 7) is 3.74. The average Bonchev–Trinajstić information content (AvgIpc) is 3.24. The van der Waals surface area contributed by atoms with Gasteiger partial charge in [-0.2, -0.15) is 0 Å². The largest absolute Gasteiger partial charge is 0.352 e. The smallest absolute Gasteiger partial charge is 0.158 e. The molecule has 0 aliphatic carbocycles. The molecule has 1 aromatic heterocycles. The van der Waals surface area contributed by atoms with E-state index in [0.29, 0.717) is 0 Å². The Kier molecular flexibility index (Phi) is 4.05. The number of para-hydroxylation sites is 1. The normalized spacial score (nSPS) is 17.4. The zero-order chi connectivity index (χ0) is 16.5. The Morgan fingerprint density at radius 3 is 2.79 bits per heavy atom. The van der Waals surface area contributed by atoms with Crippen LogP contribution >= 0.6 is 11.6 Å². The summed E-state index contributed by atoms with van der Waals surface area (Å²) in [5.41, 5.74) is 4.56. The van der Waals surface area contributed by atoms with Crippen LogP contribution < -0.4 is 4.90 Å². The SMILES string of the molecule is Cc1cccc(N2CCO[C@@H]2c2ccn(-c3ccccc3Cl)c2)c1. The summed E-state index contributed by atoms with van der Waals surface area (Å²) in [6.07, 6.45) is 4.07. The molecule has 0 N–H and O–H groups in total. The molecule has 0 radical (unpaired) electrons. The van der Waals surface area contributed by atoms with Crippen LogP contribution in [0, 0.1) is 6.92 Å². The van der Waals surface area contributed by atoms with E-state index < -0.39 is 0 Å². The molecule has 1 atom stereocenters. The number of ether oxygens (including phenoxy) is 1. The maximum absolute atomic E-state index is 6.31. The van der Waals surface area contributed by atoms with E-state index in [1.807, 2.05) is 35.0 Å². The van der Waals surface area contributed by atoms with Crippen molar-refractivity contribution in [3.63, 3.8) is 0 Å². The maximum atomic E-state index is 6.31. The average molecular weight is 339 g/mol.